The molecular weight excluding hydrogens is 204 g/mol. The highest BCUT2D eigenvalue weighted by molar-refractivity contribution is 5.82. The molecule has 0 bridgehead atoms. The third kappa shape index (κ3) is 1.07. The summed E-state index contributed by atoms with van der Waals surface area (Å²) in [6, 6.07) is 0.572. The molecule has 6 nitrogen and oxygen atoms in total. The highest BCUT2D eigenvalue weighted by Gasteiger charge is 2.53. The number of aromatic amines is 1. The van der Waals surface area contributed by atoms with Gasteiger partial charge in [0.1, 0.15) is 11.8 Å². The molecule has 0 spiro atoms. The summed E-state index contributed by atoms with van der Waals surface area (Å²) in [5.41, 5.74) is 1.63. The zero-order valence-corrected chi connectivity index (χ0v) is 8.64. The van der Waals surface area contributed by atoms with Crippen LogP contribution < -0.4 is 10.6 Å². The van der Waals surface area contributed by atoms with E-state index in [0.29, 0.717) is 6.04 Å². The lowest BCUT2D eigenvalue weighted by molar-refractivity contribution is 0.696. The minimum atomic E-state index is 0.572. The van der Waals surface area contributed by atoms with E-state index in [1.54, 1.807) is 12.7 Å². The molecule has 2 aromatic heterocycles. The fourth-order valence-corrected chi connectivity index (χ4v) is 2.66. The zero-order chi connectivity index (χ0) is 10.5. The van der Waals surface area contributed by atoms with E-state index in [0.717, 1.165) is 41.9 Å². The maximum Gasteiger partial charge on any atom is 0.182 e. The Bertz CT molecular complexity index is 525. The van der Waals surface area contributed by atoms with Crippen LogP contribution in [-0.2, 0) is 0 Å². The van der Waals surface area contributed by atoms with E-state index in [-0.39, 0.29) is 0 Å². The van der Waals surface area contributed by atoms with Crippen molar-refractivity contribution in [2.24, 2.45) is 11.8 Å². The summed E-state index contributed by atoms with van der Waals surface area (Å²) in [5.74, 6) is 2.42. The fourth-order valence-electron chi connectivity index (χ4n) is 2.66. The normalized spacial score (nSPS) is 31.6. The molecule has 4 rings (SSSR count). The SMILES string of the molecule is c1nc(NC2C3CNCC32)c2[nH]cnc2n1. The van der Waals surface area contributed by atoms with Gasteiger partial charge in [0, 0.05) is 19.1 Å². The van der Waals surface area contributed by atoms with Crippen LogP contribution in [0.15, 0.2) is 12.7 Å². The Labute approximate surface area is 91.9 Å². The molecule has 0 radical (unpaired) electrons. The number of imidazole rings is 1. The maximum atomic E-state index is 4.27. The van der Waals surface area contributed by atoms with Gasteiger partial charge in [-0.25, -0.2) is 15.0 Å². The molecule has 2 unspecified atom stereocenters. The van der Waals surface area contributed by atoms with E-state index < -0.39 is 0 Å². The van der Waals surface area contributed by atoms with Gasteiger partial charge in [0.2, 0.25) is 0 Å². The Morgan fingerprint density at radius 2 is 2.06 bits per heavy atom. The lowest BCUT2D eigenvalue weighted by Gasteiger charge is -2.08. The number of piperidine rings is 1. The second kappa shape index (κ2) is 2.91. The Morgan fingerprint density at radius 3 is 2.94 bits per heavy atom. The first-order valence-corrected chi connectivity index (χ1v) is 5.55. The molecule has 3 heterocycles. The molecule has 1 aliphatic heterocycles. The number of H-pyrrole nitrogens is 1. The highest BCUT2D eigenvalue weighted by Crippen LogP contribution is 2.43. The number of anilines is 1. The second-order valence-electron chi connectivity index (χ2n) is 4.48. The van der Waals surface area contributed by atoms with Crippen LogP contribution in [0.3, 0.4) is 0 Å². The molecule has 1 aliphatic carbocycles. The van der Waals surface area contributed by atoms with Crippen LogP contribution in [0.5, 0.6) is 0 Å². The Hall–Kier alpha value is -1.69. The van der Waals surface area contributed by atoms with E-state index in [4.69, 9.17) is 0 Å². The predicted molar refractivity (Wildman–Crippen MR) is 58.9 cm³/mol. The molecule has 0 aromatic carbocycles. The van der Waals surface area contributed by atoms with Gasteiger partial charge in [-0.2, -0.15) is 0 Å². The van der Waals surface area contributed by atoms with Crippen LogP contribution in [0, 0.1) is 11.8 Å². The molecule has 2 aliphatic rings. The summed E-state index contributed by atoms with van der Waals surface area (Å²) < 4.78 is 0. The van der Waals surface area contributed by atoms with Gasteiger partial charge in [0.25, 0.3) is 0 Å². The Morgan fingerprint density at radius 1 is 1.19 bits per heavy atom. The van der Waals surface area contributed by atoms with Crippen LogP contribution in [0.2, 0.25) is 0 Å². The molecule has 2 aromatic rings. The standard InChI is InChI=1S/C10H12N6/c1-5-6(2-11-1)7(5)16-10-8-9(13-3-12-8)14-4-15-10/h3-7,11H,1-2H2,(H2,12,13,14,15,16). The summed E-state index contributed by atoms with van der Waals surface area (Å²) >= 11 is 0. The monoisotopic (exact) mass is 216 g/mol. The molecular formula is C10H12N6. The predicted octanol–water partition coefficient (Wildman–Crippen LogP) is -0.0174. The lowest BCUT2D eigenvalue weighted by Crippen LogP contribution is -2.21. The maximum absolute atomic E-state index is 4.27. The third-order valence-electron chi connectivity index (χ3n) is 3.62. The summed E-state index contributed by atoms with van der Waals surface area (Å²) in [7, 11) is 0. The molecule has 0 amide bonds. The van der Waals surface area contributed by atoms with Gasteiger partial charge in [-0.05, 0) is 11.8 Å². The lowest BCUT2D eigenvalue weighted by atomic mass is 10.4. The van der Waals surface area contributed by atoms with Crippen molar-refractivity contribution >= 4 is 17.0 Å². The van der Waals surface area contributed by atoms with E-state index in [1.807, 2.05) is 0 Å². The highest BCUT2D eigenvalue weighted by atomic mass is 15.1. The number of rotatable bonds is 2. The molecule has 82 valence electrons. The first-order valence-electron chi connectivity index (χ1n) is 5.55. The molecule has 3 N–H and O–H groups in total. The number of fused-ring (bicyclic) bond motifs is 2. The Kier molecular flexibility index (Phi) is 1.54. The third-order valence-corrected chi connectivity index (χ3v) is 3.62. The molecule has 2 atom stereocenters. The first-order chi connectivity index (χ1) is 7.93. The second-order valence-corrected chi connectivity index (χ2v) is 4.48. The number of hydrogen-bond donors (Lipinski definition) is 3. The van der Waals surface area contributed by atoms with E-state index >= 15 is 0 Å². The van der Waals surface area contributed by atoms with Crippen LogP contribution in [0.4, 0.5) is 5.82 Å². The van der Waals surface area contributed by atoms with Crippen molar-refractivity contribution in [3.05, 3.63) is 12.7 Å². The van der Waals surface area contributed by atoms with Crippen molar-refractivity contribution in [2.75, 3.05) is 18.4 Å². The Balaban J connectivity index is 1.65. The summed E-state index contributed by atoms with van der Waals surface area (Å²) in [4.78, 5) is 15.6. The van der Waals surface area contributed by atoms with E-state index in [1.165, 1.54) is 0 Å². The van der Waals surface area contributed by atoms with Crippen LogP contribution in [0.25, 0.3) is 11.2 Å². The smallest absolute Gasteiger partial charge is 0.182 e. The van der Waals surface area contributed by atoms with Crippen molar-refractivity contribution in [1.82, 2.24) is 25.3 Å². The zero-order valence-electron chi connectivity index (χ0n) is 8.64. The number of hydrogen-bond acceptors (Lipinski definition) is 5. The van der Waals surface area contributed by atoms with Gasteiger partial charge in [-0.15, -0.1) is 0 Å². The van der Waals surface area contributed by atoms with Crippen LogP contribution >= 0.6 is 0 Å². The van der Waals surface area contributed by atoms with Gasteiger partial charge < -0.3 is 15.6 Å². The molecule has 1 saturated heterocycles. The summed E-state index contributed by atoms with van der Waals surface area (Å²) in [5, 5.41) is 6.86. The van der Waals surface area contributed by atoms with Crippen molar-refractivity contribution in [1.29, 1.82) is 0 Å². The summed E-state index contributed by atoms with van der Waals surface area (Å²) in [6.07, 6.45) is 3.21. The summed E-state index contributed by atoms with van der Waals surface area (Å²) in [6.45, 7) is 2.25. The molecule has 1 saturated carbocycles. The van der Waals surface area contributed by atoms with Gasteiger partial charge in [-0.1, -0.05) is 0 Å². The molecule has 6 heteroatoms. The van der Waals surface area contributed by atoms with Gasteiger partial charge in [-0.3, -0.25) is 0 Å². The first kappa shape index (κ1) is 8.46. The average Bonchev–Trinajstić information content (AvgIpc) is 2.80. The fraction of sp³-hybridized carbons (Fsp3) is 0.500. The van der Waals surface area contributed by atoms with Crippen molar-refractivity contribution in [2.45, 2.75) is 6.04 Å². The van der Waals surface area contributed by atoms with Gasteiger partial charge >= 0.3 is 0 Å². The van der Waals surface area contributed by atoms with Crippen molar-refractivity contribution in [3.63, 3.8) is 0 Å². The minimum absolute atomic E-state index is 0.572. The van der Waals surface area contributed by atoms with E-state index in [9.17, 15) is 0 Å². The van der Waals surface area contributed by atoms with E-state index in [2.05, 4.69) is 30.6 Å². The van der Waals surface area contributed by atoms with Crippen LogP contribution in [-0.4, -0.2) is 39.1 Å². The largest absolute Gasteiger partial charge is 0.365 e. The average molecular weight is 216 g/mol. The number of nitrogens with one attached hydrogen (secondary N) is 3. The topological polar surface area (TPSA) is 78.5 Å². The van der Waals surface area contributed by atoms with Crippen molar-refractivity contribution in [3.8, 4) is 0 Å². The number of aromatic nitrogens is 4. The molecule has 2 fully saturated rings. The van der Waals surface area contributed by atoms with Crippen molar-refractivity contribution < 1.29 is 0 Å². The number of nitrogens with zero attached hydrogens (tertiary/aromatic N) is 3. The van der Waals surface area contributed by atoms with Gasteiger partial charge in [0.15, 0.2) is 11.5 Å². The molecule has 16 heavy (non-hydrogen) atoms. The quantitative estimate of drug-likeness (QED) is 0.657. The van der Waals surface area contributed by atoms with Crippen LogP contribution in [0.1, 0.15) is 0 Å². The van der Waals surface area contributed by atoms with Gasteiger partial charge in [0.05, 0.1) is 6.33 Å². The minimum Gasteiger partial charge on any atom is -0.365 e.